The zero-order chi connectivity index (χ0) is 13.8. The minimum atomic E-state index is -2.81. The molecule has 19 heavy (non-hydrogen) atoms. The highest BCUT2D eigenvalue weighted by Crippen LogP contribution is 2.23. The van der Waals surface area contributed by atoms with Gasteiger partial charge in [-0.2, -0.15) is 13.9 Å². The third-order valence-corrected chi connectivity index (χ3v) is 2.59. The quantitative estimate of drug-likeness (QED) is 0.762. The van der Waals surface area contributed by atoms with Crippen molar-refractivity contribution in [1.82, 2.24) is 9.78 Å². The maximum Gasteiger partial charge on any atom is 0.358 e. The molecule has 1 aromatic heterocycles. The minimum Gasteiger partial charge on any atom is -0.472 e. The molecule has 0 N–H and O–H groups in total. The first kappa shape index (κ1) is 13.7. The zero-order valence-corrected chi connectivity index (χ0v) is 10.3. The summed E-state index contributed by atoms with van der Waals surface area (Å²) in [7, 11) is 0. The van der Waals surface area contributed by atoms with E-state index < -0.39 is 18.7 Å². The van der Waals surface area contributed by atoms with Crippen molar-refractivity contribution in [2.24, 2.45) is 0 Å². The number of aryl methyl sites for hydroxylation is 1. The Labute approximate surface area is 108 Å². The predicted molar refractivity (Wildman–Crippen MR) is 59.2 cm³/mol. The van der Waals surface area contributed by atoms with E-state index in [-0.39, 0.29) is 18.9 Å². The average molecular weight is 276 g/mol. The van der Waals surface area contributed by atoms with Gasteiger partial charge in [-0.05, 0) is 6.92 Å². The first-order chi connectivity index (χ1) is 9.10. The second-order valence-corrected chi connectivity index (χ2v) is 3.93. The highest BCUT2D eigenvalue weighted by molar-refractivity contribution is 5.87. The van der Waals surface area contributed by atoms with E-state index in [1.54, 1.807) is 6.92 Å². The van der Waals surface area contributed by atoms with Crippen molar-refractivity contribution in [1.29, 1.82) is 0 Å². The summed E-state index contributed by atoms with van der Waals surface area (Å²) in [6, 6.07) is 1.44. The van der Waals surface area contributed by atoms with E-state index in [9.17, 15) is 13.6 Å². The predicted octanol–water partition coefficient (Wildman–Crippen LogP) is 1.45. The lowest BCUT2D eigenvalue weighted by atomic mass is 10.2. The SMILES string of the molecule is CCOC(=O)c1cc2n(n1)CCC(COC(F)F)O2. The molecule has 0 fully saturated rings. The van der Waals surface area contributed by atoms with E-state index in [0.29, 0.717) is 18.8 Å². The van der Waals surface area contributed by atoms with Gasteiger partial charge in [0.2, 0.25) is 5.88 Å². The normalized spacial score (nSPS) is 18.0. The van der Waals surface area contributed by atoms with Crippen LogP contribution >= 0.6 is 0 Å². The van der Waals surface area contributed by atoms with Crippen molar-refractivity contribution < 1.29 is 27.8 Å². The van der Waals surface area contributed by atoms with Crippen molar-refractivity contribution in [3.63, 3.8) is 0 Å². The molecule has 0 aliphatic carbocycles. The number of esters is 1. The van der Waals surface area contributed by atoms with Gasteiger partial charge >= 0.3 is 12.6 Å². The lowest BCUT2D eigenvalue weighted by molar-refractivity contribution is -0.147. The van der Waals surface area contributed by atoms with Crippen molar-refractivity contribution >= 4 is 5.97 Å². The molecule has 0 spiro atoms. The van der Waals surface area contributed by atoms with E-state index in [4.69, 9.17) is 9.47 Å². The number of halogens is 2. The van der Waals surface area contributed by atoms with Gasteiger partial charge < -0.3 is 14.2 Å². The van der Waals surface area contributed by atoms with E-state index >= 15 is 0 Å². The maximum absolute atomic E-state index is 11.9. The molecule has 1 aliphatic heterocycles. The topological polar surface area (TPSA) is 62.6 Å². The van der Waals surface area contributed by atoms with Gasteiger partial charge in [0.05, 0.1) is 13.2 Å². The molecule has 0 saturated heterocycles. The number of carbonyl (C=O) groups excluding carboxylic acids is 1. The van der Waals surface area contributed by atoms with Gasteiger partial charge in [-0.15, -0.1) is 0 Å². The van der Waals surface area contributed by atoms with Crippen LogP contribution in [-0.2, 0) is 16.0 Å². The first-order valence-corrected chi connectivity index (χ1v) is 5.91. The van der Waals surface area contributed by atoms with Gasteiger partial charge in [0.1, 0.15) is 6.10 Å². The summed E-state index contributed by atoms with van der Waals surface area (Å²) in [5.41, 5.74) is 0.146. The molecular weight excluding hydrogens is 262 g/mol. The summed E-state index contributed by atoms with van der Waals surface area (Å²) >= 11 is 0. The number of fused-ring (bicyclic) bond motifs is 1. The van der Waals surface area contributed by atoms with Crippen LogP contribution in [0, 0.1) is 0 Å². The third-order valence-electron chi connectivity index (χ3n) is 2.59. The Balaban J connectivity index is 1.98. The number of hydrogen-bond donors (Lipinski definition) is 0. The molecule has 0 amide bonds. The molecule has 0 aromatic carbocycles. The number of hydrogen-bond acceptors (Lipinski definition) is 5. The number of alkyl halides is 2. The highest BCUT2D eigenvalue weighted by atomic mass is 19.3. The van der Waals surface area contributed by atoms with Crippen molar-refractivity contribution in [3.8, 4) is 5.88 Å². The van der Waals surface area contributed by atoms with E-state index in [1.165, 1.54) is 10.7 Å². The molecule has 1 aliphatic rings. The Morgan fingerprint density at radius 3 is 3.16 bits per heavy atom. The van der Waals surface area contributed by atoms with E-state index in [2.05, 4.69) is 9.84 Å². The molecule has 0 bridgehead atoms. The summed E-state index contributed by atoms with van der Waals surface area (Å²) in [6.07, 6.45) is 0.0252. The highest BCUT2D eigenvalue weighted by Gasteiger charge is 2.25. The molecule has 0 radical (unpaired) electrons. The largest absolute Gasteiger partial charge is 0.472 e. The first-order valence-electron chi connectivity index (χ1n) is 5.91. The summed E-state index contributed by atoms with van der Waals surface area (Å²) in [5, 5.41) is 4.03. The van der Waals surface area contributed by atoms with Gasteiger partial charge in [0.15, 0.2) is 5.69 Å². The number of rotatable bonds is 5. The molecule has 1 unspecified atom stereocenters. The lowest BCUT2D eigenvalue weighted by Crippen LogP contribution is -2.31. The molecule has 6 nitrogen and oxygen atoms in total. The fourth-order valence-corrected chi connectivity index (χ4v) is 1.75. The van der Waals surface area contributed by atoms with Gasteiger partial charge in [0, 0.05) is 19.0 Å². The summed E-state index contributed by atoms with van der Waals surface area (Å²) in [4.78, 5) is 11.5. The summed E-state index contributed by atoms with van der Waals surface area (Å²) < 4.78 is 39.8. The van der Waals surface area contributed by atoms with Crippen LogP contribution in [0.1, 0.15) is 23.8 Å². The van der Waals surface area contributed by atoms with Crippen molar-refractivity contribution in [2.75, 3.05) is 13.2 Å². The number of nitrogens with zero attached hydrogens (tertiary/aromatic N) is 2. The monoisotopic (exact) mass is 276 g/mol. The van der Waals surface area contributed by atoms with Crippen LogP contribution in [0.25, 0.3) is 0 Å². The molecule has 1 aromatic rings. The van der Waals surface area contributed by atoms with Crippen LogP contribution in [0.15, 0.2) is 6.07 Å². The van der Waals surface area contributed by atoms with E-state index in [1.807, 2.05) is 0 Å². The fraction of sp³-hybridized carbons (Fsp3) is 0.636. The summed E-state index contributed by atoms with van der Waals surface area (Å²) in [5.74, 6) is -0.175. The molecule has 0 saturated carbocycles. The summed E-state index contributed by atoms with van der Waals surface area (Å²) in [6.45, 7) is -0.580. The second-order valence-electron chi connectivity index (χ2n) is 3.93. The van der Waals surface area contributed by atoms with Gasteiger partial charge in [0.25, 0.3) is 0 Å². The molecule has 8 heteroatoms. The van der Waals surface area contributed by atoms with Crippen LogP contribution in [0.2, 0.25) is 0 Å². The van der Waals surface area contributed by atoms with Crippen LogP contribution in [0.5, 0.6) is 5.88 Å². The standard InChI is InChI=1S/C11H14F2N2O4/c1-2-17-10(16)8-5-9-15(14-8)4-3-7(19-9)6-18-11(12)13/h5,7,11H,2-4,6H2,1H3. The average Bonchev–Trinajstić information content (AvgIpc) is 2.79. The Morgan fingerprint density at radius 1 is 1.68 bits per heavy atom. The smallest absolute Gasteiger partial charge is 0.358 e. The molecular formula is C11H14F2N2O4. The maximum atomic E-state index is 11.9. The van der Waals surface area contributed by atoms with Gasteiger partial charge in [-0.25, -0.2) is 9.48 Å². The van der Waals surface area contributed by atoms with E-state index in [0.717, 1.165) is 0 Å². The lowest BCUT2D eigenvalue weighted by Gasteiger charge is -2.24. The Hall–Kier alpha value is -1.70. The van der Waals surface area contributed by atoms with Crippen LogP contribution in [0.4, 0.5) is 8.78 Å². The Bertz CT molecular complexity index is 450. The Kier molecular flexibility index (Phi) is 4.31. The molecule has 106 valence electrons. The van der Waals surface area contributed by atoms with Crippen LogP contribution in [-0.4, -0.2) is 41.7 Å². The minimum absolute atomic E-state index is 0.146. The molecule has 2 heterocycles. The van der Waals surface area contributed by atoms with Crippen LogP contribution < -0.4 is 4.74 Å². The number of ether oxygens (including phenoxy) is 3. The van der Waals surface area contributed by atoms with Gasteiger partial charge in [-0.1, -0.05) is 0 Å². The number of carbonyl (C=O) groups is 1. The van der Waals surface area contributed by atoms with Crippen LogP contribution in [0.3, 0.4) is 0 Å². The fourth-order valence-electron chi connectivity index (χ4n) is 1.75. The Morgan fingerprint density at radius 2 is 2.47 bits per heavy atom. The van der Waals surface area contributed by atoms with Crippen molar-refractivity contribution in [3.05, 3.63) is 11.8 Å². The third kappa shape index (κ3) is 3.40. The number of aromatic nitrogens is 2. The van der Waals surface area contributed by atoms with Gasteiger partial charge in [-0.3, -0.25) is 0 Å². The van der Waals surface area contributed by atoms with Crippen molar-refractivity contribution in [2.45, 2.75) is 32.6 Å². The second kappa shape index (κ2) is 5.96. The zero-order valence-electron chi connectivity index (χ0n) is 10.3. The molecule has 1 atom stereocenters. The molecule has 2 rings (SSSR count).